The first-order valence-corrected chi connectivity index (χ1v) is 5.98. The van der Waals surface area contributed by atoms with Gasteiger partial charge in [-0.3, -0.25) is 25.7 Å². The molecule has 9 nitrogen and oxygen atoms in total. The van der Waals surface area contributed by atoms with E-state index in [1.807, 2.05) is 0 Å². The number of hydrogen-bond donors (Lipinski definition) is 2. The molecular formula is C13H10N4O5. The Labute approximate surface area is 123 Å². The third-order valence-electron chi connectivity index (χ3n) is 2.70. The molecule has 0 spiro atoms. The Hall–Kier alpha value is -3.49. The van der Waals surface area contributed by atoms with Gasteiger partial charge in [0.1, 0.15) is 5.75 Å². The van der Waals surface area contributed by atoms with Gasteiger partial charge in [-0.05, 0) is 18.2 Å². The Morgan fingerprint density at radius 2 is 1.59 bits per heavy atom. The molecule has 0 radical (unpaired) electrons. The van der Waals surface area contributed by atoms with E-state index in [1.165, 1.54) is 48.7 Å². The lowest BCUT2D eigenvalue weighted by Gasteiger charge is -2.01. The molecule has 2 aromatic rings. The van der Waals surface area contributed by atoms with E-state index in [9.17, 15) is 25.3 Å². The summed E-state index contributed by atoms with van der Waals surface area (Å²) < 4.78 is 0. The molecular weight excluding hydrogens is 292 g/mol. The normalized spacial score (nSPS) is 10.5. The van der Waals surface area contributed by atoms with E-state index in [-0.39, 0.29) is 22.7 Å². The number of non-ortho nitro benzene ring substituents is 2. The molecule has 0 heterocycles. The fraction of sp³-hybridized carbons (Fsp3) is 0. The molecule has 0 saturated heterocycles. The Morgan fingerprint density at radius 3 is 2.18 bits per heavy atom. The number of aromatic hydroxyl groups is 1. The van der Waals surface area contributed by atoms with Crippen LogP contribution in [0.4, 0.5) is 17.1 Å². The number of hydrazone groups is 1. The molecule has 0 fully saturated rings. The minimum absolute atomic E-state index is 0.0501. The number of rotatable bonds is 5. The van der Waals surface area contributed by atoms with Crippen LogP contribution in [0.5, 0.6) is 5.75 Å². The molecule has 0 unspecified atom stereocenters. The molecule has 0 bridgehead atoms. The molecule has 2 N–H and O–H groups in total. The third-order valence-corrected chi connectivity index (χ3v) is 2.70. The first-order valence-electron chi connectivity index (χ1n) is 5.98. The molecule has 0 aromatic heterocycles. The highest BCUT2D eigenvalue weighted by Gasteiger charge is 2.08. The van der Waals surface area contributed by atoms with Crippen LogP contribution in [0.15, 0.2) is 47.6 Å². The molecule has 9 heteroatoms. The summed E-state index contributed by atoms with van der Waals surface area (Å²) in [6.07, 6.45) is 1.21. The Morgan fingerprint density at radius 1 is 1.00 bits per heavy atom. The average molecular weight is 302 g/mol. The monoisotopic (exact) mass is 302 g/mol. The molecule has 112 valence electrons. The molecule has 0 aliphatic carbocycles. The zero-order chi connectivity index (χ0) is 16.1. The summed E-state index contributed by atoms with van der Waals surface area (Å²) in [6.45, 7) is 0. The van der Waals surface area contributed by atoms with Gasteiger partial charge >= 0.3 is 0 Å². The summed E-state index contributed by atoms with van der Waals surface area (Å²) in [7, 11) is 0. The molecule has 0 saturated carbocycles. The summed E-state index contributed by atoms with van der Waals surface area (Å²) in [5.41, 5.74) is 3.04. The van der Waals surface area contributed by atoms with Gasteiger partial charge in [-0.15, -0.1) is 0 Å². The van der Waals surface area contributed by atoms with Crippen LogP contribution in [-0.2, 0) is 0 Å². The van der Waals surface area contributed by atoms with Crippen molar-refractivity contribution in [2.24, 2.45) is 5.10 Å². The number of nitrogens with one attached hydrogen (secondary N) is 1. The van der Waals surface area contributed by atoms with Gasteiger partial charge in [-0.2, -0.15) is 5.10 Å². The zero-order valence-electron chi connectivity index (χ0n) is 11.0. The van der Waals surface area contributed by atoms with Gasteiger partial charge in [-0.25, -0.2) is 0 Å². The Bertz CT molecular complexity index is 743. The summed E-state index contributed by atoms with van der Waals surface area (Å²) in [5.74, 6) is -0.153. The smallest absolute Gasteiger partial charge is 0.270 e. The van der Waals surface area contributed by atoms with Crippen LogP contribution in [0.25, 0.3) is 0 Å². The number of nitrogens with zero attached hydrogens (tertiary/aromatic N) is 3. The van der Waals surface area contributed by atoms with Crippen molar-refractivity contribution >= 4 is 23.3 Å². The van der Waals surface area contributed by atoms with Crippen LogP contribution in [0.2, 0.25) is 0 Å². The van der Waals surface area contributed by atoms with Crippen molar-refractivity contribution in [1.82, 2.24) is 0 Å². The van der Waals surface area contributed by atoms with E-state index >= 15 is 0 Å². The van der Waals surface area contributed by atoms with Gasteiger partial charge in [0, 0.05) is 29.8 Å². The van der Waals surface area contributed by atoms with Crippen molar-refractivity contribution in [1.29, 1.82) is 0 Å². The zero-order valence-corrected chi connectivity index (χ0v) is 11.0. The second kappa shape index (κ2) is 6.31. The van der Waals surface area contributed by atoms with Crippen LogP contribution < -0.4 is 5.43 Å². The fourth-order valence-corrected chi connectivity index (χ4v) is 1.59. The number of nitro groups is 2. The van der Waals surface area contributed by atoms with Crippen LogP contribution in [0, 0.1) is 20.2 Å². The molecule has 0 amide bonds. The number of nitro benzene ring substituents is 2. The van der Waals surface area contributed by atoms with Gasteiger partial charge < -0.3 is 5.11 Å². The predicted molar refractivity (Wildman–Crippen MR) is 79.1 cm³/mol. The van der Waals surface area contributed by atoms with Crippen LogP contribution in [-0.4, -0.2) is 21.2 Å². The highest BCUT2D eigenvalue weighted by atomic mass is 16.6. The van der Waals surface area contributed by atoms with E-state index < -0.39 is 9.85 Å². The number of hydrogen-bond acceptors (Lipinski definition) is 7. The van der Waals surface area contributed by atoms with Crippen molar-refractivity contribution < 1.29 is 15.0 Å². The lowest BCUT2D eigenvalue weighted by Crippen LogP contribution is -1.94. The quantitative estimate of drug-likeness (QED) is 0.496. The third kappa shape index (κ3) is 3.54. The molecule has 22 heavy (non-hydrogen) atoms. The first kappa shape index (κ1) is 14.9. The maximum absolute atomic E-state index is 10.7. The minimum atomic E-state index is -0.583. The van der Waals surface area contributed by atoms with E-state index in [0.717, 1.165) is 0 Å². The van der Waals surface area contributed by atoms with E-state index in [2.05, 4.69) is 10.5 Å². The van der Waals surface area contributed by atoms with Crippen molar-refractivity contribution in [2.75, 3.05) is 5.43 Å². The predicted octanol–water partition coefficient (Wildman–Crippen LogP) is 2.65. The number of benzene rings is 2. The summed E-state index contributed by atoms with van der Waals surface area (Å²) >= 11 is 0. The SMILES string of the molecule is O=[N+]([O-])c1ccc(N/N=C\c2cc([N+](=O)[O-])ccc2O)cc1. The number of phenolic OH excluding ortho intramolecular Hbond substituents is 1. The van der Waals surface area contributed by atoms with Crippen molar-refractivity contribution in [2.45, 2.75) is 0 Å². The van der Waals surface area contributed by atoms with E-state index in [1.54, 1.807) is 0 Å². The summed E-state index contributed by atoms with van der Waals surface area (Å²) in [6, 6.07) is 9.09. The Balaban J connectivity index is 2.10. The van der Waals surface area contributed by atoms with Gasteiger partial charge in [0.15, 0.2) is 0 Å². The van der Waals surface area contributed by atoms with Crippen LogP contribution in [0.1, 0.15) is 5.56 Å². The van der Waals surface area contributed by atoms with Crippen molar-refractivity contribution in [3.63, 3.8) is 0 Å². The van der Waals surface area contributed by atoms with Gasteiger partial charge in [-0.1, -0.05) is 0 Å². The molecule has 0 atom stereocenters. The minimum Gasteiger partial charge on any atom is -0.507 e. The van der Waals surface area contributed by atoms with E-state index in [4.69, 9.17) is 0 Å². The molecule has 0 aliphatic rings. The molecule has 2 aromatic carbocycles. The lowest BCUT2D eigenvalue weighted by atomic mass is 10.2. The van der Waals surface area contributed by atoms with Crippen LogP contribution >= 0.6 is 0 Å². The Kier molecular flexibility index (Phi) is 4.27. The van der Waals surface area contributed by atoms with Gasteiger partial charge in [0.25, 0.3) is 11.4 Å². The maximum atomic E-state index is 10.7. The van der Waals surface area contributed by atoms with Crippen LogP contribution in [0.3, 0.4) is 0 Å². The summed E-state index contributed by atoms with van der Waals surface area (Å²) in [5, 5.41) is 34.6. The van der Waals surface area contributed by atoms with Crippen molar-refractivity contribution in [3.05, 3.63) is 68.3 Å². The first-order chi connectivity index (χ1) is 10.5. The number of phenols is 1. The van der Waals surface area contributed by atoms with Gasteiger partial charge in [0.2, 0.25) is 0 Å². The molecule has 0 aliphatic heterocycles. The second-order valence-electron chi connectivity index (χ2n) is 4.17. The van der Waals surface area contributed by atoms with Crippen molar-refractivity contribution in [3.8, 4) is 5.75 Å². The largest absolute Gasteiger partial charge is 0.507 e. The lowest BCUT2D eigenvalue weighted by molar-refractivity contribution is -0.385. The van der Waals surface area contributed by atoms with Gasteiger partial charge in [0.05, 0.1) is 21.7 Å². The topological polar surface area (TPSA) is 131 Å². The molecule has 2 rings (SSSR count). The maximum Gasteiger partial charge on any atom is 0.270 e. The summed E-state index contributed by atoms with van der Waals surface area (Å²) in [4.78, 5) is 20.1. The second-order valence-corrected chi connectivity index (χ2v) is 4.17. The average Bonchev–Trinajstić information content (AvgIpc) is 2.49. The standard InChI is InChI=1S/C13H10N4O5/c18-13-6-5-12(17(21)22)7-9(13)8-14-15-10-1-3-11(4-2-10)16(19)20/h1-8,15,18H/b14-8-. The number of anilines is 1. The highest BCUT2D eigenvalue weighted by molar-refractivity contribution is 5.84. The van der Waals surface area contributed by atoms with E-state index in [0.29, 0.717) is 5.69 Å². The fourth-order valence-electron chi connectivity index (χ4n) is 1.59. The highest BCUT2D eigenvalue weighted by Crippen LogP contribution is 2.21.